The van der Waals surface area contributed by atoms with Crippen molar-refractivity contribution in [2.75, 3.05) is 12.4 Å². The minimum atomic E-state index is -0.602. The molecule has 0 unspecified atom stereocenters. The molecule has 0 spiro atoms. The van der Waals surface area contributed by atoms with E-state index in [4.69, 9.17) is 11.6 Å². The van der Waals surface area contributed by atoms with E-state index < -0.39 is 5.54 Å². The van der Waals surface area contributed by atoms with Crippen molar-refractivity contribution in [1.29, 1.82) is 0 Å². The Bertz CT molecular complexity index is 402. The van der Waals surface area contributed by atoms with Crippen molar-refractivity contribution in [2.24, 2.45) is 0 Å². The zero-order valence-electron chi connectivity index (χ0n) is 10.0. The Morgan fingerprint density at radius 2 is 2.00 bits per heavy atom. The quantitative estimate of drug-likeness (QED) is 0.853. The highest BCUT2D eigenvalue weighted by Gasteiger charge is 2.25. The Morgan fingerprint density at radius 1 is 1.38 bits per heavy atom. The van der Waals surface area contributed by atoms with Crippen LogP contribution in [0.1, 0.15) is 19.4 Å². The van der Waals surface area contributed by atoms with E-state index in [1.165, 1.54) is 0 Å². The molecule has 2 N–H and O–H groups in total. The van der Waals surface area contributed by atoms with Crippen LogP contribution >= 0.6 is 11.6 Å². The van der Waals surface area contributed by atoms with Crippen LogP contribution < -0.4 is 10.6 Å². The number of carbonyl (C=O) groups excluding carboxylic acids is 1. The molecule has 4 heteroatoms. The summed E-state index contributed by atoms with van der Waals surface area (Å²) in [5.74, 6) is -0.0830. The van der Waals surface area contributed by atoms with Gasteiger partial charge in [0, 0.05) is 10.7 Å². The summed E-state index contributed by atoms with van der Waals surface area (Å²) in [6.07, 6.45) is 0. The van der Waals surface area contributed by atoms with E-state index in [0.29, 0.717) is 5.02 Å². The summed E-state index contributed by atoms with van der Waals surface area (Å²) >= 11 is 5.98. The molecule has 0 aliphatic carbocycles. The van der Waals surface area contributed by atoms with E-state index in [1.807, 2.05) is 32.9 Å². The minimum Gasteiger partial charge on any atom is -0.324 e. The highest BCUT2D eigenvalue weighted by Crippen LogP contribution is 2.23. The number of anilines is 1. The number of nitrogens with one attached hydrogen (secondary N) is 2. The fourth-order valence-corrected chi connectivity index (χ4v) is 1.31. The SMILES string of the molecule is CNC(C)(C)C(=O)Nc1cccc(Cl)c1C. The van der Waals surface area contributed by atoms with Gasteiger partial charge in [-0.3, -0.25) is 4.79 Å². The molecule has 3 nitrogen and oxygen atoms in total. The maximum Gasteiger partial charge on any atom is 0.244 e. The maximum atomic E-state index is 11.9. The van der Waals surface area contributed by atoms with E-state index in [-0.39, 0.29) is 5.91 Å². The lowest BCUT2D eigenvalue weighted by molar-refractivity contribution is -0.121. The predicted molar refractivity (Wildman–Crippen MR) is 68.0 cm³/mol. The standard InChI is InChI=1S/C12H17ClN2O/c1-8-9(13)6-5-7-10(8)15-11(16)12(2,3)14-4/h5-7,14H,1-4H3,(H,15,16). The molecule has 1 aromatic carbocycles. The number of hydrogen-bond acceptors (Lipinski definition) is 2. The van der Waals surface area contributed by atoms with Gasteiger partial charge in [-0.1, -0.05) is 17.7 Å². The van der Waals surface area contributed by atoms with Crippen molar-refractivity contribution in [2.45, 2.75) is 26.3 Å². The number of likely N-dealkylation sites (N-methyl/N-ethyl adjacent to an activating group) is 1. The van der Waals surface area contributed by atoms with Crippen LogP contribution in [-0.4, -0.2) is 18.5 Å². The Balaban J connectivity index is 2.90. The molecule has 16 heavy (non-hydrogen) atoms. The van der Waals surface area contributed by atoms with Crippen LogP contribution in [0.4, 0.5) is 5.69 Å². The summed E-state index contributed by atoms with van der Waals surface area (Å²) in [6, 6.07) is 5.46. The molecule has 88 valence electrons. The fourth-order valence-electron chi connectivity index (χ4n) is 1.13. The van der Waals surface area contributed by atoms with Gasteiger partial charge in [0.1, 0.15) is 0 Å². The molecule has 0 aromatic heterocycles. The third kappa shape index (κ3) is 2.74. The zero-order valence-corrected chi connectivity index (χ0v) is 10.8. The Kier molecular flexibility index (Phi) is 3.94. The Labute approximate surface area is 101 Å². The number of carbonyl (C=O) groups is 1. The zero-order chi connectivity index (χ0) is 12.3. The fraction of sp³-hybridized carbons (Fsp3) is 0.417. The minimum absolute atomic E-state index is 0.0830. The molecule has 1 amide bonds. The average Bonchev–Trinajstić information content (AvgIpc) is 2.24. The first kappa shape index (κ1) is 13.0. The molecule has 0 saturated carbocycles. The lowest BCUT2D eigenvalue weighted by Gasteiger charge is -2.23. The molecule has 1 rings (SSSR count). The van der Waals surface area contributed by atoms with E-state index in [1.54, 1.807) is 13.1 Å². The lowest BCUT2D eigenvalue weighted by atomic mass is 10.0. The molecule has 0 fully saturated rings. The molecular weight excluding hydrogens is 224 g/mol. The van der Waals surface area contributed by atoms with Crippen LogP contribution in [0.3, 0.4) is 0 Å². The van der Waals surface area contributed by atoms with Gasteiger partial charge in [-0.2, -0.15) is 0 Å². The second kappa shape index (κ2) is 4.85. The van der Waals surface area contributed by atoms with E-state index in [9.17, 15) is 4.79 Å². The molecule has 0 heterocycles. The third-order valence-electron chi connectivity index (χ3n) is 2.71. The topological polar surface area (TPSA) is 41.1 Å². The van der Waals surface area contributed by atoms with Crippen molar-refractivity contribution in [1.82, 2.24) is 5.32 Å². The summed E-state index contributed by atoms with van der Waals surface area (Å²) in [6.45, 7) is 5.52. The highest BCUT2D eigenvalue weighted by molar-refractivity contribution is 6.31. The Hall–Kier alpha value is -1.06. The second-order valence-corrected chi connectivity index (χ2v) is 4.65. The number of amides is 1. The predicted octanol–water partition coefficient (Wildman–Crippen LogP) is 2.58. The summed E-state index contributed by atoms with van der Waals surface area (Å²) < 4.78 is 0. The normalized spacial score (nSPS) is 11.3. The average molecular weight is 241 g/mol. The van der Waals surface area contributed by atoms with E-state index >= 15 is 0 Å². The highest BCUT2D eigenvalue weighted by atomic mass is 35.5. The number of rotatable bonds is 3. The molecule has 0 atom stereocenters. The molecule has 0 aliphatic heterocycles. The van der Waals surface area contributed by atoms with Gasteiger partial charge >= 0.3 is 0 Å². The van der Waals surface area contributed by atoms with Gasteiger partial charge in [0.15, 0.2) is 0 Å². The van der Waals surface area contributed by atoms with Crippen molar-refractivity contribution < 1.29 is 4.79 Å². The summed E-state index contributed by atoms with van der Waals surface area (Å²) in [7, 11) is 1.75. The van der Waals surface area contributed by atoms with Crippen molar-refractivity contribution in [3.63, 3.8) is 0 Å². The van der Waals surface area contributed by atoms with Crippen LogP contribution in [-0.2, 0) is 4.79 Å². The van der Waals surface area contributed by atoms with Gasteiger partial charge in [0.05, 0.1) is 5.54 Å². The molecule has 0 aliphatic rings. The van der Waals surface area contributed by atoms with Crippen LogP contribution in [0.25, 0.3) is 0 Å². The van der Waals surface area contributed by atoms with Crippen molar-refractivity contribution in [3.05, 3.63) is 28.8 Å². The lowest BCUT2D eigenvalue weighted by Crippen LogP contribution is -2.48. The van der Waals surface area contributed by atoms with Gasteiger partial charge in [0.25, 0.3) is 0 Å². The number of hydrogen-bond donors (Lipinski definition) is 2. The van der Waals surface area contributed by atoms with Gasteiger partial charge in [-0.15, -0.1) is 0 Å². The number of halogens is 1. The Morgan fingerprint density at radius 3 is 2.56 bits per heavy atom. The van der Waals surface area contributed by atoms with E-state index in [2.05, 4.69) is 10.6 Å². The molecule has 0 bridgehead atoms. The maximum absolute atomic E-state index is 11.9. The smallest absolute Gasteiger partial charge is 0.244 e. The summed E-state index contributed by atoms with van der Waals surface area (Å²) in [5, 5.41) is 6.46. The second-order valence-electron chi connectivity index (χ2n) is 4.24. The van der Waals surface area contributed by atoms with Crippen LogP contribution in [0, 0.1) is 6.92 Å². The van der Waals surface area contributed by atoms with Crippen LogP contribution in [0.15, 0.2) is 18.2 Å². The number of benzene rings is 1. The van der Waals surface area contributed by atoms with Gasteiger partial charge in [-0.05, 0) is 45.5 Å². The molecular formula is C12H17ClN2O. The van der Waals surface area contributed by atoms with Crippen LogP contribution in [0.2, 0.25) is 5.02 Å². The largest absolute Gasteiger partial charge is 0.324 e. The summed E-state index contributed by atoms with van der Waals surface area (Å²) in [4.78, 5) is 11.9. The first-order chi connectivity index (χ1) is 7.38. The molecule has 0 saturated heterocycles. The van der Waals surface area contributed by atoms with Gasteiger partial charge < -0.3 is 10.6 Å². The summed E-state index contributed by atoms with van der Waals surface area (Å²) in [5.41, 5.74) is 1.03. The first-order valence-corrected chi connectivity index (χ1v) is 5.52. The molecule has 0 radical (unpaired) electrons. The monoisotopic (exact) mass is 240 g/mol. The van der Waals surface area contributed by atoms with Gasteiger partial charge in [0.2, 0.25) is 5.91 Å². The van der Waals surface area contributed by atoms with Crippen LogP contribution in [0.5, 0.6) is 0 Å². The first-order valence-electron chi connectivity index (χ1n) is 5.14. The third-order valence-corrected chi connectivity index (χ3v) is 3.12. The van der Waals surface area contributed by atoms with Crippen molar-refractivity contribution >= 4 is 23.2 Å². The van der Waals surface area contributed by atoms with E-state index in [0.717, 1.165) is 11.3 Å². The van der Waals surface area contributed by atoms with Crippen molar-refractivity contribution in [3.8, 4) is 0 Å². The molecule has 1 aromatic rings. The van der Waals surface area contributed by atoms with Gasteiger partial charge in [-0.25, -0.2) is 0 Å².